The second kappa shape index (κ2) is 6.92. The number of fused-ring (bicyclic) bond motifs is 1. The Hall–Kier alpha value is -2.67. The van der Waals surface area contributed by atoms with E-state index in [4.69, 9.17) is 16.3 Å². The molecule has 7 nitrogen and oxygen atoms in total. The maximum Gasteiger partial charge on any atom is 0.316 e. The molecule has 134 valence electrons. The molecule has 4 heterocycles. The van der Waals surface area contributed by atoms with E-state index in [-0.39, 0.29) is 18.0 Å². The first-order valence-electron chi connectivity index (χ1n) is 8.49. The number of hydrogen-bond acceptors (Lipinski definition) is 5. The number of piperidine rings is 1. The number of imidazole rings is 1. The van der Waals surface area contributed by atoms with E-state index in [2.05, 4.69) is 15.0 Å². The van der Waals surface area contributed by atoms with Gasteiger partial charge in [0.05, 0.1) is 29.7 Å². The highest BCUT2D eigenvalue weighted by molar-refractivity contribution is 6.30. The summed E-state index contributed by atoms with van der Waals surface area (Å²) >= 11 is 5.80. The van der Waals surface area contributed by atoms with Gasteiger partial charge in [-0.05, 0) is 31.9 Å². The van der Waals surface area contributed by atoms with Crippen molar-refractivity contribution in [3.8, 4) is 6.01 Å². The number of nitrogens with zero attached hydrogens (tertiary/aromatic N) is 5. The molecule has 0 radical (unpaired) electrons. The van der Waals surface area contributed by atoms with Crippen LogP contribution in [-0.4, -0.2) is 49.4 Å². The van der Waals surface area contributed by atoms with Gasteiger partial charge in [0.1, 0.15) is 17.4 Å². The lowest BCUT2D eigenvalue weighted by Gasteiger charge is -2.32. The summed E-state index contributed by atoms with van der Waals surface area (Å²) in [6.07, 6.45) is 6.42. The van der Waals surface area contributed by atoms with Gasteiger partial charge in [0.25, 0.3) is 5.91 Å². The Kier molecular flexibility index (Phi) is 4.46. The average molecular weight is 372 g/mol. The van der Waals surface area contributed by atoms with Gasteiger partial charge in [-0.1, -0.05) is 17.7 Å². The van der Waals surface area contributed by atoms with Crippen molar-refractivity contribution < 1.29 is 9.53 Å². The van der Waals surface area contributed by atoms with Gasteiger partial charge in [0, 0.05) is 12.7 Å². The van der Waals surface area contributed by atoms with Crippen LogP contribution in [0.15, 0.2) is 36.8 Å². The third-order valence-corrected chi connectivity index (χ3v) is 4.64. The van der Waals surface area contributed by atoms with E-state index in [1.54, 1.807) is 0 Å². The molecule has 0 bridgehead atoms. The zero-order chi connectivity index (χ0) is 18.1. The molecule has 1 aliphatic heterocycles. The number of rotatable bonds is 3. The van der Waals surface area contributed by atoms with Crippen LogP contribution in [0.3, 0.4) is 0 Å². The molecule has 8 heteroatoms. The Bertz CT molecular complexity index is 940. The summed E-state index contributed by atoms with van der Waals surface area (Å²) in [6.45, 7) is 3.05. The van der Waals surface area contributed by atoms with Crippen molar-refractivity contribution in [1.29, 1.82) is 0 Å². The monoisotopic (exact) mass is 371 g/mol. The summed E-state index contributed by atoms with van der Waals surface area (Å²) in [7, 11) is 0. The highest BCUT2D eigenvalue weighted by Gasteiger charge is 2.29. The summed E-state index contributed by atoms with van der Waals surface area (Å²) in [4.78, 5) is 27.5. The number of ether oxygens (including phenoxy) is 1. The first-order chi connectivity index (χ1) is 12.6. The first kappa shape index (κ1) is 16.8. The van der Waals surface area contributed by atoms with E-state index in [9.17, 15) is 4.79 Å². The molecule has 0 N–H and O–H groups in total. The van der Waals surface area contributed by atoms with Gasteiger partial charge >= 0.3 is 6.01 Å². The molecular formula is C18H18ClN5O2. The van der Waals surface area contributed by atoms with Gasteiger partial charge in [-0.3, -0.25) is 9.20 Å². The van der Waals surface area contributed by atoms with Crippen molar-refractivity contribution in [1.82, 2.24) is 24.3 Å². The van der Waals surface area contributed by atoms with Crippen molar-refractivity contribution >= 4 is 23.2 Å². The number of halogens is 1. The van der Waals surface area contributed by atoms with Crippen molar-refractivity contribution in [3.05, 3.63) is 53.2 Å². The van der Waals surface area contributed by atoms with Gasteiger partial charge in [0.15, 0.2) is 0 Å². The molecule has 0 saturated carbocycles. The number of amides is 1. The van der Waals surface area contributed by atoms with Crippen LogP contribution in [0.4, 0.5) is 0 Å². The van der Waals surface area contributed by atoms with Crippen molar-refractivity contribution in [2.45, 2.75) is 25.9 Å². The summed E-state index contributed by atoms with van der Waals surface area (Å²) < 4.78 is 7.67. The van der Waals surface area contributed by atoms with Crippen LogP contribution < -0.4 is 4.74 Å². The second-order valence-electron chi connectivity index (χ2n) is 6.29. The highest BCUT2D eigenvalue weighted by atomic mass is 35.5. The fraction of sp³-hybridized carbons (Fsp3) is 0.333. The van der Waals surface area contributed by atoms with Crippen LogP contribution in [0.1, 0.15) is 29.0 Å². The minimum atomic E-state index is -0.145. The number of aromatic nitrogens is 4. The molecule has 0 aromatic carbocycles. The lowest BCUT2D eigenvalue weighted by molar-refractivity contribution is 0.0509. The predicted molar refractivity (Wildman–Crippen MR) is 96.5 cm³/mol. The molecule has 1 saturated heterocycles. The Morgan fingerprint density at radius 2 is 2.12 bits per heavy atom. The minimum Gasteiger partial charge on any atom is -0.458 e. The van der Waals surface area contributed by atoms with E-state index in [0.29, 0.717) is 23.8 Å². The van der Waals surface area contributed by atoms with E-state index in [1.165, 1.54) is 12.4 Å². The molecule has 3 aromatic rings. The normalized spacial score (nSPS) is 17.5. The van der Waals surface area contributed by atoms with Gasteiger partial charge in [0.2, 0.25) is 0 Å². The summed E-state index contributed by atoms with van der Waals surface area (Å²) in [5.74, 6) is -0.0356. The van der Waals surface area contributed by atoms with Crippen molar-refractivity contribution in [3.63, 3.8) is 0 Å². The van der Waals surface area contributed by atoms with Crippen LogP contribution in [0, 0.1) is 6.92 Å². The largest absolute Gasteiger partial charge is 0.458 e. The quantitative estimate of drug-likeness (QED) is 0.707. The summed E-state index contributed by atoms with van der Waals surface area (Å²) in [5, 5.41) is 0.459. The molecule has 0 unspecified atom stereocenters. The Morgan fingerprint density at radius 1 is 1.31 bits per heavy atom. The SMILES string of the molecule is Cc1nc2ccccn2c1C(=O)N1CCC[C@@H](Oc2ncc(Cl)cn2)C1. The molecule has 3 aromatic heterocycles. The number of likely N-dealkylation sites (tertiary alicyclic amines) is 1. The van der Waals surface area contributed by atoms with Gasteiger partial charge in [-0.2, -0.15) is 0 Å². The predicted octanol–water partition coefficient (Wildman–Crippen LogP) is 2.77. The lowest BCUT2D eigenvalue weighted by Crippen LogP contribution is -2.45. The number of carbonyl (C=O) groups excluding carboxylic acids is 1. The van der Waals surface area contributed by atoms with Gasteiger partial charge < -0.3 is 9.64 Å². The molecule has 0 spiro atoms. The number of aryl methyl sites for hydroxylation is 1. The number of carbonyl (C=O) groups is 1. The number of hydrogen-bond donors (Lipinski definition) is 0. The topological polar surface area (TPSA) is 72.6 Å². The zero-order valence-corrected chi connectivity index (χ0v) is 15.1. The Labute approximate surface area is 155 Å². The van der Waals surface area contributed by atoms with E-state index < -0.39 is 0 Å². The minimum absolute atomic E-state index is 0.0356. The van der Waals surface area contributed by atoms with E-state index in [1.807, 2.05) is 40.6 Å². The highest BCUT2D eigenvalue weighted by Crippen LogP contribution is 2.20. The molecule has 26 heavy (non-hydrogen) atoms. The molecule has 1 amide bonds. The Morgan fingerprint density at radius 3 is 2.92 bits per heavy atom. The third-order valence-electron chi connectivity index (χ3n) is 4.44. The molecule has 1 atom stereocenters. The van der Waals surface area contributed by atoms with Crippen molar-refractivity contribution in [2.75, 3.05) is 13.1 Å². The van der Waals surface area contributed by atoms with E-state index >= 15 is 0 Å². The molecule has 1 aliphatic rings. The zero-order valence-electron chi connectivity index (χ0n) is 14.3. The molecule has 4 rings (SSSR count). The van der Waals surface area contributed by atoms with Crippen LogP contribution in [-0.2, 0) is 0 Å². The van der Waals surface area contributed by atoms with Gasteiger partial charge in [-0.15, -0.1) is 0 Å². The van der Waals surface area contributed by atoms with Crippen LogP contribution in [0.2, 0.25) is 5.02 Å². The van der Waals surface area contributed by atoms with Crippen molar-refractivity contribution in [2.24, 2.45) is 0 Å². The smallest absolute Gasteiger partial charge is 0.316 e. The number of pyridine rings is 1. The summed E-state index contributed by atoms with van der Waals surface area (Å²) in [6, 6.07) is 5.97. The van der Waals surface area contributed by atoms with Crippen LogP contribution in [0.25, 0.3) is 5.65 Å². The van der Waals surface area contributed by atoms with Crippen LogP contribution >= 0.6 is 11.6 Å². The molecular weight excluding hydrogens is 354 g/mol. The molecule has 0 aliphatic carbocycles. The maximum absolute atomic E-state index is 13.1. The summed E-state index contributed by atoms with van der Waals surface area (Å²) in [5.41, 5.74) is 2.10. The fourth-order valence-electron chi connectivity index (χ4n) is 3.25. The fourth-order valence-corrected chi connectivity index (χ4v) is 3.35. The standard InChI is InChI=1S/C18H18ClN5O2/c1-12-16(24-8-3-2-6-15(24)22-12)17(25)23-7-4-5-14(11-23)26-18-20-9-13(19)10-21-18/h2-3,6,8-10,14H,4-5,7,11H2,1H3/t14-/m1/s1. The molecule has 1 fully saturated rings. The first-order valence-corrected chi connectivity index (χ1v) is 8.87. The van der Waals surface area contributed by atoms with E-state index in [0.717, 1.165) is 24.2 Å². The maximum atomic E-state index is 13.1. The van der Waals surface area contributed by atoms with Crippen LogP contribution in [0.5, 0.6) is 6.01 Å². The average Bonchev–Trinajstić information content (AvgIpc) is 2.99. The lowest BCUT2D eigenvalue weighted by atomic mass is 10.1. The third kappa shape index (κ3) is 3.22. The Balaban J connectivity index is 1.52. The van der Waals surface area contributed by atoms with Gasteiger partial charge in [-0.25, -0.2) is 15.0 Å². The second-order valence-corrected chi connectivity index (χ2v) is 6.73.